The number of phenols is 1. The highest BCUT2D eigenvalue weighted by Gasteiger charge is 2.09. The maximum Gasteiger partial charge on any atom is 0.277 e. The molecule has 8 nitrogen and oxygen atoms in total. The molecule has 0 bridgehead atoms. The molecular weight excluding hydrogens is 394 g/mol. The topological polar surface area (TPSA) is 114 Å². The molecule has 0 aliphatic rings. The second-order valence-corrected chi connectivity index (χ2v) is 5.87. The zero-order chi connectivity index (χ0) is 18.4. The van der Waals surface area contributed by atoms with E-state index in [0.717, 1.165) is 22.3 Å². The minimum absolute atomic E-state index is 0.108. The zero-order valence-electron chi connectivity index (χ0n) is 13.1. The van der Waals surface area contributed by atoms with Crippen molar-refractivity contribution in [3.05, 3.63) is 62.1 Å². The van der Waals surface area contributed by atoms with Crippen LogP contribution in [0.1, 0.15) is 11.1 Å². The Morgan fingerprint density at radius 1 is 1.40 bits per heavy atom. The summed E-state index contributed by atoms with van der Waals surface area (Å²) in [5.41, 5.74) is 3.18. The number of amides is 1. The Kier molecular flexibility index (Phi) is 6.07. The van der Waals surface area contributed by atoms with Gasteiger partial charge >= 0.3 is 0 Å². The molecule has 2 aromatic rings. The first kappa shape index (κ1) is 18.4. The molecule has 0 aliphatic carbocycles. The van der Waals surface area contributed by atoms with Gasteiger partial charge in [-0.1, -0.05) is 6.07 Å². The van der Waals surface area contributed by atoms with Crippen LogP contribution in [0.5, 0.6) is 11.5 Å². The van der Waals surface area contributed by atoms with Crippen molar-refractivity contribution in [2.24, 2.45) is 5.10 Å². The number of halogens is 1. The van der Waals surface area contributed by atoms with E-state index in [4.69, 9.17) is 4.74 Å². The molecule has 0 heterocycles. The van der Waals surface area contributed by atoms with Crippen molar-refractivity contribution in [1.29, 1.82) is 0 Å². The average Bonchev–Trinajstić information content (AvgIpc) is 2.55. The third kappa shape index (κ3) is 5.28. The smallest absolute Gasteiger partial charge is 0.277 e. The van der Waals surface area contributed by atoms with Crippen LogP contribution in [0, 0.1) is 17.0 Å². The number of carbonyl (C=O) groups excluding carboxylic acids is 1. The van der Waals surface area contributed by atoms with Crippen molar-refractivity contribution in [3.8, 4) is 11.5 Å². The molecule has 0 unspecified atom stereocenters. The number of non-ortho nitro benzene ring substituents is 1. The lowest BCUT2D eigenvalue weighted by atomic mass is 10.2. The van der Waals surface area contributed by atoms with Gasteiger partial charge in [0.25, 0.3) is 11.6 Å². The summed E-state index contributed by atoms with van der Waals surface area (Å²) >= 11 is 3.34. The summed E-state index contributed by atoms with van der Waals surface area (Å²) < 4.78 is 6.09. The van der Waals surface area contributed by atoms with Crippen LogP contribution >= 0.6 is 15.9 Å². The summed E-state index contributed by atoms with van der Waals surface area (Å²) in [4.78, 5) is 21.8. The number of phenolic OH excluding ortho intramolecular Hbond substituents is 1. The Hall–Kier alpha value is -2.94. The summed E-state index contributed by atoms with van der Waals surface area (Å²) in [6, 6.07) is 8.93. The van der Waals surface area contributed by atoms with E-state index in [9.17, 15) is 20.0 Å². The molecule has 1 amide bonds. The van der Waals surface area contributed by atoms with E-state index in [-0.39, 0.29) is 23.6 Å². The van der Waals surface area contributed by atoms with Crippen molar-refractivity contribution in [2.45, 2.75) is 6.92 Å². The Balaban J connectivity index is 1.92. The first-order chi connectivity index (χ1) is 11.9. The average molecular weight is 408 g/mol. The van der Waals surface area contributed by atoms with Gasteiger partial charge in [0, 0.05) is 17.7 Å². The van der Waals surface area contributed by atoms with E-state index < -0.39 is 10.8 Å². The first-order valence-electron chi connectivity index (χ1n) is 7.05. The minimum Gasteiger partial charge on any atom is -0.507 e. The number of hydrazone groups is 1. The number of nitro benzene ring substituents is 1. The van der Waals surface area contributed by atoms with Gasteiger partial charge in [-0.3, -0.25) is 14.9 Å². The van der Waals surface area contributed by atoms with Crippen molar-refractivity contribution >= 4 is 33.7 Å². The molecule has 0 saturated carbocycles. The number of carbonyl (C=O) groups is 1. The fourth-order valence-corrected chi connectivity index (χ4v) is 2.44. The monoisotopic (exact) mass is 407 g/mol. The molecule has 0 fully saturated rings. The number of nitrogens with zero attached hydrogens (tertiary/aromatic N) is 2. The van der Waals surface area contributed by atoms with Crippen LogP contribution in [0.3, 0.4) is 0 Å². The number of nitro groups is 1. The highest BCUT2D eigenvalue weighted by Crippen LogP contribution is 2.25. The van der Waals surface area contributed by atoms with Crippen LogP contribution in [0.2, 0.25) is 0 Å². The number of benzene rings is 2. The van der Waals surface area contributed by atoms with Crippen molar-refractivity contribution in [1.82, 2.24) is 5.43 Å². The van der Waals surface area contributed by atoms with Crippen molar-refractivity contribution < 1.29 is 19.6 Å². The fraction of sp³-hybridized carbons (Fsp3) is 0.125. The molecule has 0 radical (unpaired) electrons. The maximum atomic E-state index is 11.7. The lowest BCUT2D eigenvalue weighted by Gasteiger charge is -2.07. The van der Waals surface area contributed by atoms with Gasteiger partial charge in [-0.15, -0.1) is 0 Å². The summed E-state index contributed by atoms with van der Waals surface area (Å²) in [5, 5.41) is 24.0. The minimum atomic E-state index is -0.595. The van der Waals surface area contributed by atoms with E-state index in [1.807, 2.05) is 19.1 Å². The fourth-order valence-electron chi connectivity index (χ4n) is 1.83. The van der Waals surface area contributed by atoms with E-state index in [2.05, 4.69) is 26.5 Å². The Morgan fingerprint density at radius 2 is 2.16 bits per heavy atom. The molecule has 2 rings (SSSR count). The molecule has 25 heavy (non-hydrogen) atoms. The number of aryl methyl sites for hydroxylation is 1. The zero-order valence-corrected chi connectivity index (χ0v) is 14.7. The quantitative estimate of drug-likeness (QED) is 0.434. The van der Waals surface area contributed by atoms with Crippen LogP contribution in [-0.4, -0.2) is 28.8 Å². The summed E-state index contributed by atoms with van der Waals surface area (Å²) in [6.45, 7) is 1.67. The summed E-state index contributed by atoms with van der Waals surface area (Å²) in [7, 11) is 0. The Bertz CT molecular complexity index is 839. The second-order valence-electron chi connectivity index (χ2n) is 5.02. The third-order valence-electron chi connectivity index (χ3n) is 3.06. The van der Waals surface area contributed by atoms with E-state index >= 15 is 0 Å². The third-order valence-corrected chi connectivity index (χ3v) is 3.68. The Labute approximate surface area is 151 Å². The molecule has 0 aliphatic heterocycles. The van der Waals surface area contributed by atoms with Crippen molar-refractivity contribution in [3.63, 3.8) is 0 Å². The predicted octanol–water partition coefficient (Wildman–Crippen LogP) is 2.90. The molecule has 0 spiro atoms. The SMILES string of the molecule is Cc1ccc(OCC(=O)N/N=C/c2cc([N+](=O)[O-])ccc2O)c(Br)c1. The summed E-state index contributed by atoms with van der Waals surface area (Å²) in [6.07, 6.45) is 1.11. The highest BCUT2D eigenvalue weighted by molar-refractivity contribution is 9.10. The Morgan fingerprint density at radius 3 is 2.84 bits per heavy atom. The van der Waals surface area contributed by atoms with Gasteiger partial charge in [0.15, 0.2) is 6.61 Å². The van der Waals surface area contributed by atoms with E-state index in [0.29, 0.717) is 5.75 Å². The number of rotatable bonds is 6. The molecule has 0 aromatic heterocycles. The lowest BCUT2D eigenvalue weighted by Crippen LogP contribution is -2.24. The largest absolute Gasteiger partial charge is 0.507 e. The summed E-state index contributed by atoms with van der Waals surface area (Å²) in [5.74, 6) is -0.196. The van der Waals surface area contributed by atoms with Crippen LogP contribution < -0.4 is 10.2 Å². The number of nitrogens with one attached hydrogen (secondary N) is 1. The lowest BCUT2D eigenvalue weighted by molar-refractivity contribution is -0.384. The van der Waals surface area contributed by atoms with Crippen LogP contribution in [0.4, 0.5) is 5.69 Å². The number of hydrogen-bond acceptors (Lipinski definition) is 6. The normalized spacial score (nSPS) is 10.6. The first-order valence-corrected chi connectivity index (χ1v) is 7.84. The van der Waals surface area contributed by atoms with Crippen molar-refractivity contribution in [2.75, 3.05) is 6.61 Å². The molecule has 2 N–H and O–H groups in total. The standard InChI is InChI=1S/C16H14BrN3O5/c1-10-2-5-15(13(17)6-10)25-9-16(22)19-18-8-11-7-12(20(23)24)3-4-14(11)21/h2-8,21H,9H2,1H3,(H,19,22)/b18-8+. The highest BCUT2D eigenvalue weighted by atomic mass is 79.9. The number of aromatic hydroxyl groups is 1. The number of ether oxygens (including phenoxy) is 1. The second kappa shape index (κ2) is 8.25. The van der Waals surface area contributed by atoms with Gasteiger partial charge in [0.05, 0.1) is 15.6 Å². The van der Waals surface area contributed by atoms with Gasteiger partial charge < -0.3 is 9.84 Å². The molecule has 9 heteroatoms. The molecule has 2 aromatic carbocycles. The van der Waals surface area contributed by atoms with E-state index in [1.54, 1.807) is 6.07 Å². The van der Waals surface area contributed by atoms with Gasteiger partial charge in [0.1, 0.15) is 11.5 Å². The van der Waals surface area contributed by atoms with Gasteiger partial charge in [-0.05, 0) is 46.6 Å². The van der Waals surface area contributed by atoms with Gasteiger partial charge in [-0.2, -0.15) is 5.10 Å². The number of hydrogen-bond donors (Lipinski definition) is 2. The molecule has 0 saturated heterocycles. The molecule has 0 atom stereocenters. The van der Waals surface area contributed by atoms with E-state index in [1.165, 1.54) is 12.1 Å². The van der Waals surface area contributed by atoms with Crippen LogP contribution in [0.15, 0.2) is 46.0 Å². The van der Waals surface area contributed by atoms with Crippen LogP contribution in [-0.2, 0) is 4.79 Å². The van der Waals surface area contributed by atoms with Gasteiger partial charge in [0.2, 0.25) is 0 Å². The maximum absolute atomic E-state index is 11.7. The predicted molar refractivity (Wildman–Crippen MR) is 94.9 cm³/mol. The molecular formula is C16H14BrN3O5. The molecule has 130 valence electrons. The van der Waals surface area contributed by atoms with Gasteiger partial charge in [-0.25, -0.2) is 5.43 Å². The van der Waals surface area contributed by atoms with Crippen LogP contribution in [0.25, 0.3) is 0 Å².